The first-order chi connectivity index (χ1) is 6.73. The molecule has 78 valence electrons. The molecule has 0 radical (unpaired) electrons. The normalized spacial score (nSPS) is 28.6. The highest BCUT2D eigenvalue weighted by Crippen LogP contribution is 2.55. The van der Waals surface area contributed by atoms with Crippen molar-refractivity contribution < 1.29 is 4.79 Å². The lowest BCUT2D eigenvalue weighted by Crippen LogP contribution is -2.51. The summed E-state index contributed by atoms with van der Waals surface area (Å²) in [5, 5.41) is 3.17. The third-order valence-electron chi connectivity index (χ3n) is 4.24. The zero-order valence-electron chi connectivity index (χ0n) is 8.75. The van der Waals surface area contributed by atoms with Gasteiger partial charge in [0, 0.05) is 5.54 Å². The summed E-state index contributed by atoms with van der Waals surface area (Å²) in [7, 11) is 0. The van der Waals surface area contributed by atoms with Gasteiger partial charge in [-0.25, -0.2) is 0 Å². The first-order valence-corrected chi connectivity index (χ1v) is 5.74. The first kappa shape index (κ1) is 8.72. The van der Waals surface area contributed by atoms with Crippen molar-refractivity contribution >= 4 is 5.91 Å². The van der Waals surface area contributed by atoms with Gasteiger partial charge in [0.05, 0.1) is 13.2 Å². The molecule has 3 nitrogen and oxygen atoms in total. The molecule has 1 heterocycles. The van der Waals surface area contributed by atoms with Gasteiger partial charge < -0.3 is 4.90 Å². The molecule has 0 bridgehead atoms. The predicted octanol–water partition coefficient (Wildman–Crippen LogP) is 0.954. The monoisotopic (exact) mass is 194 g/mol. The molecule has 3 rings (SSSR count). The van der Waals surface area contributed by atoms with E-state index < -0.39 is 0 Å². The summed E-state index contributed by atoms with van der Waals surface area (Å²) in [6, 6.07) is 0. The number of hydrogen-bond donors (Lipinski definition) is 1. The molecule has 3 aliphatic rings. The summed E-state index contributed by atoms with van der Waals surface area (Å²) in [5.41, 5.74) is 0.195. The molecule has 0 atom stereocenters. The maximum atomic E-state index is 11.7. The molecule has 0 aromatic carbocycles. The zero-order valence-corrected chi connectivity index (χ0v) is 8.75. The Kier molecular flexibility index (Phi) is 1.69. The van der Waals surface area contributed by atoms with Crippen LogP contribution in [0.4, 0.5) is 0 Å². The van der Waals surface area contributed by atoms with Crippen LogP contribution in [-0.4, -0.2) is 29.6 Å². The maximum absolute atomic E-state index is 11.7. The van der Waals surface area contributed by atoms with Gasteiger partial charge in [-0.1, -0.05) is 0 Å². The SMILES string of the molecule is CC(C1CC1)(C1CC1)N1CNCC1=O. The van der Waals surface area contributed by atoms with Crippen molar-refractivity contribution in [1.82, 2.24) is 10.2 Å². The Bertz CT molecular complexity index is 256. The molecule has 0 unspecified atom stereocenters. The third kappa shape index (κ3) is 1.11. The Morgan fingerprint density at radius 2 is 1.86 bits per heavy atom. The highest BCUT2D eigenvalue weighted by molar-refractivity contribution is 5.81. The molecular formula is C11H18N2O. The fourth-order valence-electron chi connectivity index (χ4n) is 3.01. The Labute approximate surface area is 84.8 Å². The lowest BCUT2D eigenvalue weighted by Gasteiger charge is -2.39. The molecule has 3 fully saturated rings. The van der Waals surface area contributed by atoms with E-state index in [0.717, 1.165) is 18.5 Å². The van der Waals surface area contributed by atoms with E-state index in [1.54, 1.807) is 0 Å². The molecular weight excluding hydrogens is 176 g/mol. The molecule has 0 aromatic heterocycles. The van der Waals surface area contributed by atoms with E-state index in [4.69, 9.17) is 0 Å². The minimum absolute atomic E-state index is 0.195. The second-order valence-corrected chi connectivity index (χ2v) is 5.18. The molecule has 1 N–H and O–H groups in total. The second kappa shape index (κ2) is 2.72. The quantitative estimate of drug-likeness (QED) is 0.725. The van der Waals surface area contributed by atoms with Crippen molar-refractivity contribution in [2.75, 3.05) is 13.2 Å². The third-order valence-corrected chi connectivity index (χ3v) is 4.24. The molecule has 2 saturated carbocycles. The number of rotatable bonds is 3. The highest BCUT2D eigenvalue weighted by atomic mass is 16.2. The summed E-state index contributed by atoms with van der Waals surface area (Å²) in [6.45, 7) is 3.64. The number of nitrogens with zero attached hydrogens (tertiary/aromatic N) is 1. The van der Waals surface area contributed by atoms with Gasteiger partial charge in [-0.15, -0.1) is 0 Å². The van der Waals surface area contributed by atoms with Crippen molar-refractivity contribution in [1.29, 1.82) is 0 Å². The van der Waals surface area contributed by atoms with Crippen LogP contribution in [0.25, 0.3) is 0 Å². The lowest BCUT2D eigenvalue weighted by atomic mass is 9.88. The molecule has 2 aliphatic carbocycles. The molecule has 3 heteroatoms. The van der Waals surface area contributed by atoms with Crippen LogP contribution >= 0.6 is 0 Å². The van der Waals surface area contributed by atoms with E-state index in [1.807, 2.05) is 0 Å². The molecule has 1 amide bonds. The minimum atomic E-state index is 0.195. The molecule has 1 saturated heterocycles. The Morgan fingerprint density at radius 1 is 1.29 bits per heavy atom. The van der Waals surface area contributed by atoms with Gasteiger partial charge in [-0.2, -0.15) is 0 Å². The summed E-state index contributed by atoms with van der Waals surface area (Å²) in [4.78, 5) is 13.9. The number of amides is 1. The summed E-state index contributed by atoms with van der Waals surface area (Å²) in [5.74, 6) is 1.89. The Morgan fingerprint density at radius 3 is 2.21 bits per heavy atom. The van der Waals surface area contributed by atoms with E-state index >= 15 is 0 Å². The smallest absolute Gasteiger partial charge is 0.238 e. The highest BCUT2D eigenvalue weighted by Gasteiger charge is 2.56. The van der Waals surface area contributed by atoms with E-state index in [0.29, 0.717) is 12.5 Å². The predicted molar refractivity (Wildman–Crippen MR) is 53.6 cm³/mol. The van der Waals surface area contributed by atoms with Crippen LogP contribution in [0.3, 0.4) is 0 Å². The van der Waals surface area contributed by atoms with Gasteiger partial charge in [0.15, 0.2) is 0 Å². The van der Waals surface area contributed by atoms with Crippen molar-refractivity contribution in [3.8, 4) is 0 Å². The van der Waals surface area contributed by atoms with Crippen molar-refractivity contribution in [2.24, 2.45) is 11.8 Å². The van der Waals surface area contributed by atoms with E-state index in [2.05, 4.69) is 17.1 Å². The molecule has 1 aliphatic heterocycles. The Hall–Kier alpha value is -0.570. The van der Waals surface area contributed by atoms with E-state index in [-0.39, 0.29) is 5.54 Å². The number of carbonyl (C=O) groups is 1. The van der Waals surface area contributed by atoms with Crippen molar-refractivity contribution in [3.05, 3.63) is 0 Å². The van der Waals surface area contributed by atoms with Crippen molar-refractivity contribution in [2.45, 2.75) is 38.1 Å². The molecule has 14 heavy (non-hydrogen) atoms. The average molecular weight is 194 g/mol. The number of carbonyl (C=O) groups excluding carboxylic acids is 1. The van der Waals surface area contributed by atoms with E-state index in [1.165, 1.54) is 25.7 Å². The van der Waals surface area contributed by atoms with Crippen LogP contribution in [0, 0.1) is 11.8 Å². The van der Waals surface area contributed by atoms with Gasteiger partial charge in [0.1, 0.15) is 0 Å². The topological polar surface area (TPSA) is 32.3 Å². The lowest BCUT2D eigenvalue weighted by molar-refractivity contribution is -0.133. The van der Waals surface area contributed by atoms with Gasteiger partial charge in [0.25, 0.3) is 0 Å². The minimum Gasteiger partial charge on any atom is -0.323 e. The van der Waals surface area contributed by atoms with Gasteiger partial charge in [-0.05, 0) is 44.4 Å². The van der Waals surface area contributed by atoms with Gasteiger partial charge in [-0.3, -0.25) is 10.1 Å². The zero-order chi connectivity index (χ0) is 9.76. The van der Waals surface area contributed by atoms with Crippen LogP contribution in [-0.2, 0) is 4.79 Å². The van der Waals surface area contributed by atoms with Crippen LogP contribution < -0.4 is 5.32 Å². The summed E-state index contributed by atoms with van der Waals surface area (Å²) < 4.78 is 0. The van der Waals surface area contributed by atoms with Crippen LogP contribution in [0.2, 0.25) is 0 Å². The van der Waals surface area contributed by atoms with Crippen LogP contribution in [0.1, 0.15) is 32.6 Å². The van der Waals surface area contributed by atoms with Crippen LogP contribution in [0.5, 0.6) is 0 Å². The second-order valence-electron chi connectivity index (χ2n) is 5.18. The average Bonchev–Trinajstić information content (AvgIpc) is 3.00. The molecule has 0 aromatic rings. The van der Waals surface area contributed by atoms with Crippen molar-refractivity contribution in [3.63, 3.8) is 0 Å². The largest absolute Gasteiger partial charge is 0.323 e. The fraction of sp³-hybridized carbons (Fsp3) is 0.909. The maximum Gasteiger partial charge on any atom is 0.238 e. The number of hydrogen-bond acceptors (Lipinski definition) is 2. The van der Waals surface area contributed by atoms with Crippen LogP contribution in [0.15, 0.2) is 0 Å². The first-order valence-electron chi connectivity index (χ1n) is 5.74. The van der Waals surface area contributed by atoms with Gasteiger partial charge in [0.2, 0.25) is 5.91 Å². The van der Waals surface area contributed by atoms with E-state index in [9.17, 15) is 4.79 Å². The number of nitrogens with one attached hydrogen (secondary N) is 1. The summed E-state index contributed by atoms with van der Waals surface area (Å²) >= 11 is 0. The fourth-order valence-corrected chi connectivity index (χ4v) is 3.01. The molecule has 0 spiro atoms. The Balaban J connectivity index is 1.86. The standard InChI is InChI=1S/C11H18N2O/c1-11(8-2-3-8,9-4-5-9)13-7-12-6-10(13)14/h8-9,12H,2-7H2,1H3. The summed E-state index contributed by atoms with van der Waals surface area (Å²) in [6.07, 6.45) is 5.32. The van der Waals surface area contributed by atoms with Gasteiger partial charge >= 0.3 is 0 Å².